The van der Waals surface area contributed by atoms with Crippen LogP contribution in [0.2, 0.25) is 5.02 Å². The van der Waals surface area contributed by atoms with Gasteiger partial charge in [-0.2, -0.15) is 11.8 Å². The second-order valence-electron chi connectivity index (χ2n) is 6.37. The lowest BCUT2D eigenvalue weighted by Gasteiger charge is -2.44. The normalized spacial score (nSPS) is 23.0. The van der Waals surface area contributed by atoms with Crippen LogP contribution in [0.15, 0.2) is 17.3 Å². The summed E-state index contributed by atoms with van der Waals surface area (Å²) in [7, 11) is 3.99. The van der Waals surface area contributed by atoms with E-state index in [0.717, 1.165) is 41.8 Å². The average molecular weight is 501 g/mol. The van der Waals surface area contributed by atoms with Crippen LogP contribution in [0.1, 0.15) is 32.4 Å². The van der Waals surface area contributed by atoms with Gasteiger partial charge in [0.1, 0.15) is 0 Å². The molecule has 1 aliphatic carbocycles. The summed E-state index contributed by atoms with van der Waals surface area (Å²) in [5.41, 5.74) is 0.464. The van der Waals surface area contributed by atoms with Crippen LogP contribution in [0.3, 0.4) is 0 Å². The lowest BCUT2D eigenvalue weighted by molar-refractivity contribution is -0.0156. The first-order valence-corrected chi connectivity index (χ1v) is 9.96. The van der Waals surface area contributed by atoms with Gasteiger partial charge in [-0.15, -0.1) is 24.0 Å². The fraction of sp³-hybridized carbons (Fsp3) is 0.706. The zero-order valence-corrected chi connectivity index (χ0v) is 19.4. The Labute approximate surface area is 177 Å². The summed E-state index contributed by atoms with van der Waals surface area (Å²) >= 11 is 7.90. The molecular formula is C17H30ClIN4OS. The zero-order chi connectivity index (χ0) is 17.7. The maximum absolute atomic E-state index is 10.7. The molecule has 1 saturated carbocycles. The average Bonchev–Trinajstić information content (AvgIpc) is 2.85. The van der Waals surface area contributed by atoms with Crippen molar-refractivity contribution in [2.75, 3.05) is 25.9 Å². The van der Waals surface area contributed by atoms with Crippen molar-refractivity contribution >= 4 is 53.3 Å². The van der Waals surface area contributed by atoms with E-state index in [0.29, 0.717) is 18.3 Å². The summed E-state index contributed by atoms with van der Waals surface area (Å²) in [4.78, 5) is 6.77. The quantitative estimate of drug-likeness (QED) is 0.343. The Morgan fingerprint density at radius 3 is 2.76 bits per heavy atom. The number of aromatic nitrogens is 1. The van der Waals surface area contributed by atoms with Gasteiger partial charge in [0, 0.05) is 37.8 Å². The van der Waals surface area contributed by atoms with Crippen molar-refractivity contribution in [3.63, 3.8) is 0 Å². The third-order valence-corrected chi connectivity index (χ3v) is 6.10. The van der Waals surface area contributed by atoms with Crippen molar-refractivity contribution in [1.82, 2.24) is 14.8 Å². The maximum atomic E-state index is 10.7. The minimum absolute atomic E-state index is 0. The highest BCUT2D eigenvalue weighted by Crippen LogP contribution is 2.41. The van der Waals surface area contributed by atoms with Crippen molar-refractivity contribution in [2.45, 2.75) is 44.1 Å². The molecule has 1 aromatic heterocycles. The molecule has 2 N–H and O–H groups in total. The standard InChI is InChI=1S/C17H29ClN4OS.HI/c1-5-19-16(20-12-17(23)8-7-15(17)24-6-2)22(4)11-14-9-13(18)10-21(14)3;/h9-10,15,23H,5-8,11-12H2,1-4H3,(H,19,20);1H. The first-order valence-electron chi connectivity index (χ1n) is 8.53. The highest BCUT2D eigenvalue weighted by molar-refractivity contribution is 14.0. The van der Waals surface area contributed by atoms with Crippen molar-refractivity contribution in [3.8, 4) is 0 Å². The molecule has 0 spiro atoms. The highest BCUT2D eigenvalue weighted by Gasteiger charge is 2.45. The van der Waals surface area contributed by atoms with Gasteiger partial charge in [0.25, 0.3) is 0 Å². The molecule has 2 rings (SSSR count). The van der Waals surface area contributed by atoms with E-state index >= 15 is 0 Å². The van der Waals surface area contributed by atoms with Crippen LogP contribution >= 0.6 is 47.3 Å². The van der Waals surface area contributed by atoms with Crippen LogP contribution in [0.25, 0.3) is 0 Å². The SMILES string of the molecule is CCNC(=NCC1(O)CCC1SCC)N(C)Cc1cc(Cl)cn1C.I. The molecule has 8 heteroatoms. The van der Waals surface area contributed by atoms with Gasteiger partial charge in [-0.1, -0.05) is 18.5 Å². The Morgan fingerprint density at radius 1 is 1.56 bits per heavy atom. The van der Waals surface area contributed by atoms with E-state index in [-0.39, 0.29) is 24.0 Å². The molecule has 144 valence electrons. The maximum Gasteiger partial charge on any atom is 0.194 e. The number of guanidine groups is 1. The third kappa shape index (κ3) is 5.94. The van der Waals surface area contributed by atoms with Gasteiger partial charge in [0.15, 0.2) is 5.96 Å². The number of hydrogen-bond donors (Lipinski definition) is 2. The number of halogens is 2. The Balaban J connectivity index is 0.00000312. The lowest BCUT2D eigenvalue weighted by Crippen LogP contribution is -2.53. The predicted molar refractivity (Wildman–Crippen MR) is 119 cm³/mol. The van der Waals surface area contributed by atoms with Crippen molar-refractivity contribution in [2.24, 2.45) is 12.0 Å². The molecule has 0 amide bonds. The van der Waals surface area contributed by atoms with E-state index in [9.17, 15) is 5.11 Å². The molecule has 1 aromatic rings. The summed E-state index contributed by atoms with van der Waals surface area (Å²) in [5.74, 6) is 1.85. The molecule has 1 heterocycles. The van der Waals surface area contributed by atoms with Crippen LogP contribution in [0.4, 0.5) is 0 Å². The molecule has 0 saturated heterocycles. The van der Waals surface area contributed by atoms with Crippen molar-refractivity contribution < 1.29 is 5.11 Å². The second kappa shape index (κ2) is 10.3. The van der Waals surface area contributed by atoms with Crippen LogP contribution in [-0.2, 0) is 13.6 Å². The molecule has 5 nitrogen and oxygen atoms in total. The van der Waals surface area contributed by atoms with E-state index in [2.05, 4.69) is 24.1 Å². The van der Waals surface area contributed by atoms with Gasteiger partial charge in [0.2, 0.25) is 0 Å². The monoisotopic (exact) mass is 500 g/mol. The fourth-order valence-corrected chi connectivity index (χ4v) is 4.40. The van der Waals surface area contributed by atoms with Crippen LogP contribution in [0.5, 0.6) is 0 Å². The van der Waals surface area contributed by atoms with Gasteiger partial charge in [0.05, 0.1) is 23.7 Å². The molecule has 2 atom stereocenters. The van der Waals surface area contributed by atoms with E-state index in [4.69, 9.17) is 16.6 Å². The van der Waals surface area contributed by atoms with Crippen molar-refractivity contribution in [3.05, 3.63) is 23.0 Å². The van der Waals surface area contributed by atoms with Gasteiger partial charge in [-0.05, 0) is 31.6 Å². The van der Waals surface area contributed by atoms with Crippen LogP contribution in [0, 0.1) is 0 Å². The molecule has 25 heavy (non-hydrogen) atoms. The number of thioether (sulfide) groups is 1. The van der Waals surface area contributed by atoms with E-state index in [1.807, 2.05) is 42.7 Å². The van der Waals surface area contributed by atoms with Crippen molar-refractivity contribution in [1.29, 1.82) is 0 Å². The number of hydrogen-bond acceptors (Lipinski definition) is 3. The molecule has 0 radical (unpaired) electrons. The summed E-state index contributed by atoms with van der Waals surface area (Å²) in [6, 6.07) is 1.97. The summed E-state index contributed by atoms with van der Waals surface area (Å²) in [6.45, 7) is 6.14. The van der Waals surface area contributed by atoms with E-state index < -0.39 is 5.60 Å². The summed E-state index contributed by atoms with van der Waals surface area (Å²) in [6.07, 6.45) is 3.82. The zero-order valence-electron chi connectivity index (χ0n) is 15.5. The first kappa shape index (κ1) is 22.9. The highest BCUT2D eigenvalue weighted by atomic mass is 127. The molecule has 0 aliphatic heterocycles. The molecule has 2 unspecified atom stereocenters. The largest absolute Gasteiger partial charge is 0.387 e. The number of aliphatic imine (C=N–C) groups is 1. The Morgan fingerprint density at radius 2 is 2.28 bits per heavy atom. The summed E-state index contributed by atoms with van der Waals surface area (Å²) in [5, 5.41) is 15.1. The number of aliphatic hydroxyl groups is 1. The number of nitrogens with one attached hydrogen (secondary N) is 1. The van der Waals surface area contributed by atoms with E-state index in [1.165, 1.54) is 0 Å². The third-order valence-electron chi connectivity index (χ3n) is 4.48. The predicted octanol–water partition coefficient (Wildman–Crippen LogP) is 3.34. The van der Waals surface area contributed by atoms with Crippen LogP contribution < -0.4 is 5.32 Å². The molecular weight excluding hydrogens is 471 g/mol. The molecule has 0 aromatic carbocycles. The smallest absolute Gasteiger partial charge is 0.194 e. The number of nitrogens with zero attached hydrogens (tertiary/aromatic N) is 3. The molecule has 1 fully saturated rings. The van der Waals surface area contributed by atoms with Gasteiger partial charge in [-0.25, -0.2) is 0 Å². The lowest BCUT2D eigenvalue weighted by atomic mass is 9.79. The molecule has 0 bridgehead atoms. The second-order valence-corrected chi connectivity index (χ2v) is 8.29. The fourth-order valence-electron chi connectivity index (χ4n) is 2.94. The van der Waals surface area contributed by atoms with Gasteiger partial charge < -0.3 is 19.9 Å². The topological polar surface area (TPSA) is 52.8 Å². The molecule has 1 aliphatic rings. The number of rotatable bonds is 7. The van der Waals surface area contributed by atoms with E-state index in [1.54, 1.807) is 0 Å². The van der Waals surface area contributed by atoms with Crippen LogP contribution in [-0.4, -0.2) is 57.3 Å². The Bertz CT molecular complexity index is 583. The Kier molecular flexibility index (Phi) is 9.42. The summed E-state index contributed by atoms with van der Waals surface area (Å²) < 4.78 is 2.02. The number of aryl methyl sites for hydroxylation is 1. The Hall–Kier alpha value is -0.120. The minimum Gasteiger partial charge on any atom is -0.387 e. The van der Waals surface area contributed by atoms with Gasteiger partial charge in [-0.3, -0.25) is 4.99 Å². The first-order chi connectivity index (χ1) is 11.4. The minimum atomic E-state index is -0.656. The van der Waals surface area contributed by atoms with Gasteiger partial charge >= 0.3 is 0 Å².